The van der Waals surface area contributed by atoms with Crippen LogP contribution < -0.4 is 5.32 Å². The molecule has 176 valence electrons. The minimum absolute atomic E-state index is 0.118. The van der Waals surface area contributed by atoms with Crippen LogP contribution in [0.15, 0.2) is 48.0 Å². The molecular formula is C23H24F6INO. The van der Waals surface area contributed by atoms with Crippen molar-refractivity contribution in [1.29, 1.82) is 0 Å². The van der Waals surface area contributed by atoms with E-state index >= 15 is 0 Å². The maximum Gasteiger partial charge on any atom is 0.416 e. The first-order valence-corrected chi connectivity index (χ1v) is 11.9. The van der Waals surface area contributed by atoms with Crippen LogP contribution in [0, 0.1) is 6.92 Å². The summed E-state index contributed by atoms with van der Waals surface area (Å²) in [6, 6.07) is 9.37. The van der Waals surface area contributed by atoms with Crippen LogP contribution in [-0.4, -0.2) is 24.6 Å². The van der Waals surface area contributed by atoms with Crippen molar-refractivity contribution in [3.05, 3.63) is 75.9 Å². The van der Waals surface area contributed by atoms with Crippen LogP contribution >= 0.6 is 22.6 Å². The van der Waals surface area contributed by atoms with Crippen LogP contribution in [-0.2, 0) is 23.7 Å². The average molecular weight is 571 g/mol. The van der Waals surface area contributed by atoms with E-state index in [2.05, 4.69) is 27.9 Å². The summed E-state index contributed by atoms with van der Waals surface area (Å²) in [5.74, 6) is 0. The maximum atomic E-state index is 13.0. The van der Waals surface area contributed by atoms with Crippen LogP contribution in [0.25, 0.3) is 5.57 Å². The van der Waals surface area contributed by atoms with Crippen LogP contribution in [0.2, 0.25) is 0 Å². The molecule has 0 atom stereocenters. The third kappa shape index (κ3) is 7.21. The van der Waals surface area contributed by atoms with Gasteiger partial charge in [-0.15, -0.1) is 0 Å². The summed E-state index contributed by atoms with van der Waals surface area (Å²) in [4.78, 5) is 1.97. The lowest BCUT2D eigenvalue weighted by Gasteiger charge is -2.23. The van der Waals surface area contributed by atoms with E-state index in [0.717, 1.165) is 35.2 Å². The molecule has 9 heteroatoms. The second kappa shape index (κ2) is 11.5. The molecule has 1 N–H and O–H groups in total. The zero-order valence-corrected chi connectivity index (χ0v) is 19.8. The molecule has 0 aromatic heterocycles. The van der Waals surface area contributed by atoms with Crippen LogP contribution in [0.3, 0.4) is 0 Å². The van der Waals surface area contributed by atoms with Crippen molar-refractivity contribution in [3.63, 3.8) is 0 Å². The zero-order chi connectivity index (χ0) is 23.9. The van der Waals surface area contributed by atoms with Crippen LogP contribution in [0.4, 0.5) is 26.3 Å². The molecule has 2 aromatic carbocycles. The Kier molecular flexibility index (Phi) is 9.59. The van der Waals surface area contributed by atoms with Crippen molar-refractivity contribution >= 4 is 28.2 Å². The Bertz CT molecular complexity index is 905. The Morgan fingerprint density at radius 2 is 1.50 bits per heavy atom. The first-order valence-electron chi connectivity index (χ1n) is 9.77. The van der Waals surface area contributed by atoms with Crippen LogP contribution in [0.1, 0.15) is 34.2 Å². The van der Waals surface area contributed by atoms with E-state index in [1.165, 1.54) is 0 Å². The molecule has 2 nitrogen and oxygen atoms in total. The van der Waals surface area contributed by atoms with Crippen molar-refractivity contribution in [3.8, 4) is 0 Å². The van der Waals surface area contributed by atoms with E-state index in [9.17, 15) is 26.3 Å². The second-order valence-electron chi connectivity index (χ2n) is 7.23. The molecule has 0 saturated carbocycles. The maximum absolute atomic E-state index is 13.0. The Balaban J connectivity index is 0.00000176. The van der Waals surface area contributed by atoms with Gasteiger partial charge in [-0.25, -0.2) is 0 Å². The lowest BCUT2D eigenvalue weighted by molar-refractivity contribution is -0.143. The molecule has 3 rings (SSSR count). The Morgan fingerprint density at radius 3 is 2.06 bits per heavy atom. The van der Waals surface area contributed by atoms with E-state index in [1.807, 2.05) is 36.1 Å². The molecule has 0 fully saturated rings. The van der Waals surface area contributed by atoms with Crippen molar-refractivity contribution < 1.29 is 31.1 Å². The molecule has 0 amide bonds. The quantitative estimate of drug-likeness (QED) is 0.236. The number of ether oxygens (including phenoxy) is 1. The first-order chi connectivity index (χ1) is 15.1. The minimum atomic E-state index is -4.87. The molecule has 0 saturated heterocycles. The van der Waals surface area contributed by atoms with E-state index in [1.54, 1.807) is 0 Å². The highest BCUT2D eigenvalue weighted by molar-refractivity contribution is 14.1. The molecule has 1 aliphatic rings. The fourth-order valence-electron chi connectivity index (χ4n) is 3.51. The molecule has 0 radical (unpaired) electrons. The first kappa shape index (κ1) is 26.7. The van der Waals surface area contributed by atoms with Crippen LogP contribution in [0.5, 0.6) is 0 Å². The summed E-state index contributed by atoms with van der Waals surface area (Å²) < 4.78 is 83.6. The van der Waals surface area contributed by atoms with Crippen molar-refractivity contribution in [2.24, 2.45) is 0 Å². The van der Waals surface area contributed by atoms with Gasteiger partial charge in [0.05, 0.1) is 24.3 Å². The molecule has 2 aromatic rings. The molecule has 32 heavy (non-hydrogen) atoms. The fraction of sp³-hybridized carbons (Fsp3) is 0.391. The van der Waals surface area contributed by atoms with Gasteiger partial charge in [0.1, 0.15) is 0 Å². The number of rotatable bonds is 5. The predicted molar refractivity (Wildman–Crippen MR) is 122 cm³/mol. The zero-order valence-electron chi connectivity index (χ0n) is 17.6. The Hall–Kier alpha value is -1.59. The standard InChI is InChI=1S/C22H21F6NO.CH3I/c1-14-4-2-3-5-19(14)20-6-7-29-11-16(20)13-30-12-15-8-17(21(23,24)25)10-18(9-15)22(26,27)28;1-2/h2-5,8-10,29H,6-7,11-13H2,1H3;1H3. The largest absolute Gasteiger partial charge is 0.416 e. The summed E-state index contributed by atoms with van der Waals surface area (Å²) in [6.07, 6.45) is -8.97. The summed E-state index contributed by atoms with van der Waals surface area (Å²) in [7, 11) is 0. The highest BCUT2D eigenvalue weighted by Crippen LogP contribution is 2.36. The van der Waals surface area contributed by atoms with Gasteiger partial charge in [-0.05, 0) is 70.9 Å². The number of hydrogen-bond acceptors (Lipinski definition) is 2. The number of halogens is 7. The lowest BCUT2D eigenvalue weighted by Crippen LogP contribution is -2.27. The highest BCUT2D eigenvalue weighted by Gasteiger charge is 2.36. The smallest absolute Gasteiger partial charge is 0.372 e. The van der Waals surface area contributed by atoms with E-state index in [4.69, 9.17) is 4.74 Å². The van der Waals surface area contributed by atoms with Crippen molar-refractivity contribution in [2.45, 2.75) is 32.3 Å². The number of hydrogen-bond donors (Lipinski definition) is 1. The topological polar surface area (TPSA) is 21.3 Å². The number of nitrogens with one attached hydrogen (secondary N) is 1. The summed E-state index contributed by atoms with van der Waals surface area (Å²) in [6.45, 7) is 3.10. The molecular weight excluding hydrogens is 547 g/mol. The average Bonchev–Trinajstić information content (AvgIpc) is 2.75. The lowest BCUT2D eigenvalue weighted by atomic mass is 9.92. The van der Waals surface area contributed by atoms with Crippen molar-refractivity contribution in [2.75, 3.05) is 24.6 Å². The third-order valence-electron chi connectivity index (χ3n) is 4.98. The van der Waals surface area contributed by atoms with Gasteiger partial charge in [0, 0.05) is 6.54 Å². The van der Waals surface area contributed by atoms with E-state index < -0.39 is 23.5 Å². The molecule has 0 unspecified atom stereocenters. The molecule has 0 spiro atoms. The predicted octanol–water partition coefficient (Wildman–Crippen LogP) is 7.05. The molecule has 0 bridgehead atoms. The molecule has 1 heterocycles. The van der Waals surface area contributed by atoms with Gasteiger partial charge in [-0.3, -0.25) is 0 Å². The van der Waals surface area contributed by atoms with E-state index in [0.29, 0.717) is 18.7 Å². The Morgan fingerprint density at radius 1 is 0.906 bits per heavy atom. The number of benzene rings is 2. The van der Waals surface area contributed by atoms with Gasteiger partial charge in [-0.2, -0.15) is 26.3 Å². The van der Waals surface area contributed by atoms with Gasteiger partial charge < -0.3 is 10.1 Å². The summed E-state index contributed by atoms with van der Waals surface area (Å²) in [5.41, 5.74) is 1.38. The number of aryl methyl sites for hydroxylation is 1. The third-order valence-corrected chi connectivity index (χ3v) is 4.98. The SMILES string of the molecule is CI.Cc1ccccc1C1=C(COCc2cc(C(F)(F)F)cc(C(F)(F)F)c2)CNCC1. The molecule has 1 aliphatic heterocycles. The fourth-order valence-corrected chi connectivity index (χ4v) is 3.51. The minimum Gasteiger partial charge on any atom is -0.372 e. The Labute approximate surface area is 197 Å². The summed E-state index contributed by atoms with van der Waals surface area (Å²) >= 11 is 2.15. The van der Waals surface area contributed by atoms with Gasteiger partial charge in [0.15, 0.2) is 0 Å². The van der Waals surface area contributed by atoms with Crippen molar-refractivity contribution in [1.82, 2.24) is 5.32 Å². The van der Waals surface area contributed by atoms with Gasteiger partial charge >= 0.3 is 12.4 Å². The van der Waals surface area contributed by atoms with Gasteiger partial charge in [0.2, 0.25) is 0 Å². The van der Waals surface area contributed by atoms with E-state index in [-0.39, 0.29) is 24.8 Å². The monoisotopic (exact) mass is 571 g/mol. The highest BCUT2D eigenvalue weighted by atomic mass is 127. The van der Waals surface area contributed by atoms with Gasteiger partial charge in [-0.1, -0.05) is 46.9 Å². The molecule has 0 aliphatic carbocycles. The normalized spacial score (nSPS) is 14.8. The summed E-state index contributed by atoms with van der Waals surface area (Å²) in [5, 5.41) is 3.23. The van der Waals surface area contributed by atoms with Gasteiger partial charge in [0.25, 0.3) is 0 Å². The number of alkyl halides is 7. The second-order valence-corrected chi connectivity index (χ2v) is 7.23.